The van der Waals surface area contributed by atoms with Gasteiger partial charge in [0, 0.05) is 23.9 Å². The summed E-state index contributed by atoms with van der Waals surface area (Å²) in [7, 11) is 0. The van der Waals surface area contributed by atoms with Crippen LogP contribution < -0.4 is 10.4 Å². The maximum atomic E-state index is 11.8. The number of esters is 1. The average Bonchev–Trinajstić information content (AvgIpc) is 2.77. The number of benzene rings is 1. The summed E-state index contributed by atoms with van der Waals surface area (Å²) in [6.45, 7) is 1.34. The van der Waals surface area contributed by atoms with E-state index in [1.54, 1.807) is 12.1 Å². The van der Waals surface area contributed by atoms with Crippen LogP contribution in [0.5, 0.6) is 5.75 Å². The Morgan fingerprint density at radius 1 is 1.28 bits per heavy atom. The minimum absolute atomic E-state index is 0.269. The van der Waals surface area contributed by atoms with Crippen LogP contribution in [0.1, 0.15) is 24.5 Å². The molecule has 1 aliphatic carbocycles. The van der Waals surface area contributed by atoms with E-state index in [1.165, 1.54) is 6.92 Å². The Kier molecular flexibility index (Phi) is 2.44. The van der Waals surface area contributed by atoms with Gasteiger partial charge in [-0.25, -0.2) is 4.79 Å². The van der Waals surface area contributed by atoms with Crippen LogP contribution in [0.2, 0.25) is 0 Å². The number of fused-ring (bicyclic) bond motifs is 3. The number of rotatable bonds is 1. The number of hydrogen-bond donors (Lipinski definition) is 0. The van der Waals surface area contributed by atoms with Crippen LogP contribution in [0.4, 0.5) is 0 Å². The molecule has 0 saturated heterocycles. The van der Waals surface area contributed by atoms with E-state index in [0.717, 1.165) is 35.8 Å². The fourth-order valence-electron chi connectivity index (χ4n) is 2.49. The molecule has 1 heterocycles. The van der Waals surface area contributed by atoms with Gasteiger partial charge in [-0.05, 0) is 37.0 Å². The summed E-state index contributed by atoms with van der Waals surface area (Å²) in [6, 6.07) is 5.17. The molecule has 0 spiro atoms. The molecule has 0 radical (unpaired) electrons. The third kappa shape index (κ3) is 1.70. The molecule has 1 aromatic carbocycles. The Morgan fingerprint density at radius 3 is 2.83 bits per heavy atom. The Labute approximate surface area is 103 Å². The molecule has 4 nitrogen and oxygen atoms in total. The second kappa shape index (κ2) is 3.98. The third-order valence-corrected chi connectivity index (χ3v) is 3.21. The van der Waals surface area contributed by atoms with E-state index >= 15 is 0 Å². The van der Waals surface area contributed by atoms with Gasteiger partial charge in [-0.1, -0.05) is 0 Å². The van der Waals surface area contributed by atoms with Gasteiger partial charge in [-0.3, -0.25) is 4.79 Å². The lowest BCUT2D eigenvalue weighted by Gasteiger charge is -2.06. The highest BCUT2D eigenvalue weighted by Crippen LogP contribution is 2.29. The lowest BCUT2D eigenvalue weighted by atomic mass is 10.1. The van der Waals surface area contributed by atoms with Crippen molar-refractivity contribution in [2.24, 2.45) is 0 Å². The Bertz CT molecular complexity index is 697. The van der Waals surface area contributed by atoms with E-state index in [-0.39, 0.29) is 5.63 Å². The van der Waals surface area contributed by atoms with Crippen molar-refractivity contribution in [3.8, 4) is 5.75 Å². The summed E-state index contributed by atoms with van der Waals surface area (Å²) in [4.78, 5) is 22.7. The maximum Gasteiger partial charge on any atom is 0.339 e. The van der Waals surface area contributed by atoms with Gasteiger partial charge in [0.25, 0.3) is 0 Å². The highest BCUT2D eigenvalue weighted by atomic mass is 16.5. The molecule has 0 bridgehead atoms. The monoisotopic (exact) mass is 244 g/mol. The second-order valence-electron chi connectivity index (χ2n) is 4.45. The molecular formula is C14H12O4. The fourth-order valence-corrected chi connectivity index (χ4v) is 2.49. The lowest BCUT2D eigenvalue weighted by molar-refractivity contribution is -0.131. The van der Waals surface area contributed by atoms with Crippen LogP contribution in [-0.4, -0.2) is 5.97 Å². The molecule has 1 aromatic heterocycles. The minimum Gasteiger partial charge on any atom is -0.427 e. The molecule has 18 heavy (non-hydrogen) atoms. The van der Waals surface area contributed by atoms with Gasteiger partial charge in [-0.15, -0.1) is 0 Å². The molecule has 0 saturated carbocycles. The predicted octanol–water partition coefficient (Wildman–Crippen LogP) is 2.21. The van der Waals surface area contributed by atoms with E-state index in [0.29, 0.717) is 11.3 Å². The largest absolute Gasteiger partial charge is 0.427 e. The molecular weight excluding hydrogens is 232 g/mol. The third-order valence-electron chi connectivity index (χ3n) is 3.21. The topological polar surface area (TPSA) is 56.5 Å². The van der Waals surface area contributed by atoms with Crippen molar-refractivity contribution in [3.63, 3.8) is 0 Å². The first kappa shape index (κ1) is 11.0. The Morgan fingerprint density at radius 2 is 2.06 bits per heavy atom. The molecule has 0 amide bonds. The van der Waals surface area contributed by atoms with Crippen LogP contribution in [-0.2, 0) is 17.6 Å². The maximum absolute atomic E-state index is 11.8. The molecule has 0 aliphatic heterocycles. The summed E-state index contributed by atoms with van der Waals surface area (Å²) < 4.78 is 10.3. The summed E-state index contributed by atoms with van der Waals surface area (Å²) in [5.74, 6) is 0.00829. The van der Waals surface area contributed by atoms with E-state index in [1.807, 2.05) is 6.07 Å². The SMILES string of the molecule is CC(=O)Oc1ccc2c3c(c(=O)oc2c1)CCC3. The zero-order valence-electron chi connectivity index (χ0n) is 9.99. The van der Waals surface area contributed by atoms with Crippen LogP contribution in [0.15, 0.2) is 27.4 Å². The van der Waals surface area contributed by atoms with Crippen LogP contribution >= 0.6 is 0 Å². The number of hydrogen-bond acceptors (Lipinski definition) is 4. The molecule has 1 aliphatic rings. The number of carbonyl (C=O) groups excluding carboxylic acids is 1. The van der Waals surface area contributed by atoms with Crippen molar-refractivity contribution in [2.45, 2.75) is 26.2 Å². The molecule has 0 atom stereocenters. The quantitative estimate of drug-likeness (QED) is 0.438. The molecule has 2 aromatic rings. The lowest BCUT2D eigenvalue weighted by Crippen LogP contribution is -2.07. The van der Waals surface area contributed by atoms with Gasteiger partial charge < -0.3 is 9.15 Å². The van der Waals surface area contributed by atoms with Crippen molar-refractivity contribution in [2.75, 3.05) is 0 Å². The molecule has 3 rings (SSSR count). The molecule has 0 N–H and O–H groups in total. The smallest absolute Gasteiger partial charge is 0.339 e. The summed E-state index contributed by atoms with van der Waals surface area (Å²) in [6.07, 6.45) is 2.69. The minimum atomic E-state index is -0.391. The van der Waals surface area contributed by atoms with E-state index < -0.39 is 5.97 Å². The zero-order valence-corrected chi connectivity index (χ0v) is 9.99. The first-order chi connectivity index (χ1) is 8.65. The van der Waals surface area contributed by atoms with Gasteiger partial charge in [-0.2, -0.15) is 0 Å². The number of ether oxygens (including phenoxy) is 1. The molecule has 4 heteroatoms. The number of carbonyl (C=O) groups is 1. The van der Waals surface area contributed by atoms with Crippen LogP contribution in [0.25, 0.3) is 11.0 Å². The second-order valence-corrected chi connectivity index (χ2v) is 4.45. The first-order valence-electron chi connectivity index (χ1n) is 5.92. The van der Waals surface area contributed by atoms with Crippen molar-refractivity contribution >= 4 is 16.9 Å². The van der Waals surface area contributed by atoms with Crippen molar-refractivity contribution in [1.82, 2.24) is 0 Å². The highest BCUT2D eigenvalue weighted by molar-refractivity contribution is 5.83. The van der Waals surface area contributed by atoms with Gasteiger partial charge in [0.05, 0.1) is 0 Å². The number of aryl methyl sites for hydroxylation is 1. The molecule has 92 valence electrons. The van der Waals surface area contributed by atoms with E-state index in [9.17, 15) is 9.59 Å². The van der Waals surface area contributed by atoms with Gasteiger partial charge >= 0.3 is 11.6 Å². The van der Waals surface area contributed by atoms with Crippen molar-refractivity contribution in [3.05, 3.63) is 39.7 Å². The summed E-state index contributed by atoms with van der Waals surface area (Å²) >= 11 is 0. The Balaban J connectivity index is 2.21. The van der Waals surface area contributed by atoms with Crippen molar-refractivity contribution < 1.29 is 13.9 Å². The van der Waals surface area contributed by atoms with E-state index in [2.05, 4.69) is 0 Å². The predicted molar refractivity (Wildman–Crippen MR) is 65.8 cm³/mol. The normalized spacial score (nSPS) is 13.6. The van der Waals surface area contributed by atoms with Crippen LogP contribution in [0, 0.1) is 0 Å². The van der Waals surface area contributed by atoms with Crippen LogP contribution in [0.3, 0.4) is 0 Å². The molecule has 0 fully saturated rings. The average molecular weight is 244 g/mol. The van der Waals surface area contributed by atoms with E-state index in [4.69, 9.17) is 9.15 Å². The van der Waals surface area contributed by atoms with Crippen molar-refractivity contribution in [1.29, 1.82) is 0 Å². The molecule has 0 unspecified atom stereocenters. The Hall–Kier alpha value is -2.10. The van der Waals surface area contributed by atoms with Gasteiger partial charge in [0.15, 0.2) is 0 Å². The zero-order chi connectivity index (χ0) is 12.7. The fraction of sp³-hybridized carbons (Fsp3) is 0.286. The van der Waals surface area contributed by atoms with Gasteiger partial charge in [0.2, 0.25) is 0 Å². The standard InChI is InChI=1S/C14H12O4/c1-8(15)17-9-5-6-11-10-3-2-4-12(10)14(16)18-13(11)7-9/h5-7H,2-4H2,1H3. The van der Waals surface area contributed by atoms with Gasteiger partial charge in [0.1, 0.15) is 11.3 Å². The highest BCUT2D eigenvalue weighted by Gasteiger charge is 2.19. The first-order valence-corrected chi connectivity index (χ1v) is 5.92. The summed E-state index contributed by atoms with van der Waals surface area (Å²) in [5, 5.41) is 0.943. The summed E-state index contributed by atoms with van der Waals surface area (Å²) in [5.41, 5.74) is 2.09.